The van der Waals surface area contributed by atoms with Crippen LogP contribution in [0.15, 0.2) is 34.1 Å². The van der Waals surface area contributed by atoms with E-state index >= 15 is 0 Å². The average molecular weight is 452 g/mol. The molecule has 5 nitrogen and oxygen atoms in total. The molecular weight excluding hydrogens is 434 g/mol. The quantitative estimate of drug-likeness (QED) is 0.585. The molecular formula is C18H18BrN3O2S2. The molecule has 0 bridgehead atoms. The number of amides is 1. The monoisotopic (exact) mass is 451 g/mol. The molecule has 0 saturated carbocycles. The van der Waals surface area contributed by atoms with E-state index in [1.165, 1.54) is 23.1 Å². The van der Waals surface area contributed by atoms with Gasteiger partial charge in [-0.3, -0.25) is 9.69 Å². The second kappa shape index (κ2) is 9.51. The molecule has 8 heteroatoms. The fourth-order valence-corrected chi connectivity index (χ4v) is 4.33. The fraction of sp³-hybridized carbons (Fsp3) is 0.389. The zero-order valence-electron chi connectivity index (χ0n) is 14.1. The van der Waals surface area contributed by atoms with Crippen molar-refractivity contribution >= 4 is 50.1 Å². The predicted molar refractivity (Wildman–Crippen MR) is 110 cm³/mol. The Morgan fingerprint density at radius 3 is 2.96 bits per heavy atom. The smallest absolute Gasteiger partial charge is 0.238 e. The van der Waals surface area contributed by atoms with Gasteiger partial charge in [0.2, 0.25) is 5.91 Å². The molecule has 1 atom stereocenters. The highest BCUT2D eigenvalue weighted by Crippen LogP contribution is 2.29. The second-order valence-electron chi connectivity index (χ2n) is 5.81. The van der Waals surface area contributed by atoms with Crippen LogP contribution >= 0.6 is 39.0 Å². The molecule has 1 amide bonds. The van der Waals surface area contributed by atoms with Gasteiger partial charge in [-0.05, 0) is 25.0 Å². The molecule has 26 heavy (non-hydrogen) atoms. The maximum atomic E-state index is 12.7. The molecule has 1 aromatic heterocycles. The largest absolute Gasteiger partial charge is 0.376 e. The van der Waals surface area contributed by atoms with Crippen molar-refractivity contribution in [1.29, 1.82) is 5.26 Å². The second-order valence-corrected chi connectivity index (χ2v) is 8.55. The lowest BCUT2D eigenvalue weighted by Crippen LogP contribution is -2.38. The van der Waals surface area contributed by atoms with E-state index in [0.29, 0.717) is 17.4 Å². The first-order valence-corrected chi connectivity index (χ1v) is 11.1. The minimum Gasteiger partial charge on any atom is -0.376 e. The van der Waals surface area contributed by atoms with E-state index in [1.54, 1.807) is 4.90 Å². The van der Waals surface area contributed by atoms with Crippen molar-refractivity contribution in [3.8, 4) is 17.3 Å². The van der Waals surface area contributed by atoms with Crippen LogP contribution in [0.25, 0.3) is 11.3 Å². The predicted octanol–water partition coefficient (Wildman–Crippen LogP) is 4.34. The number of aromatic nitrogens is 1. The number of benzene rings is 1. The van der Waals surface area contributed by atoms with Crippen LogP contribution in [0.4, 0.5) is 5.13 Å². The van der Waals surface area contributed by atoms with Crippen molar-refractivity contribution in [3.05, 3.63) is 34.1 Å². The number of halogens is 1. The summed E-state index contributed by atoms with van der Waals surface area (Å²) >= 11 is 6.22. The molecule has 1 saturated heterocycles. The van der Waals surface area contributed by atoms with Gasteiger partial charge in [-0.25, -0.2) is 4.98 Å². The van der Waals surface area contributed by atoms with Crippen LogP contribution in [0.3, 0.4) is 0 Å². The molecule has 0 N–H and O–H groups in total. The first-order valence-electron chi connectivity index (χ1n) is 8.25. The Hall–Kier alpha value is -1.40. The van der Waals surface area contributed by atoms with Gasteiger partial charge >= 0.3 is 0 Å². The SMILES string of the molecule is N#CCSCC(=O)N(CC1CCCO1)c1nc(-c2ccc(Br)cc2)cs1. The Kier molecular flexibility index (Phi) is 7.08. The third-order valence-electron chi connectivity index (χ3n) is 3.97. The van der Waals surface area contributed by atoms with Crippen LogP contribution < -0.4 is 4.90 Å². The highest BCUT2D eigenvalue weighted by Gasteiger charge is 2.25. The maximum absolute atomic E-state index is 12.7. The lowest BCUT2D eigenvalue weighted by molar-refractivity contribution is -0.116. The van der Waals surface area contributed by atoms with Crippen LogP contribution in [-0.2, 0) is 9.53 Å². The topological polar surface area (TPSA) is 66.2 Å². The van der Waals surface area contributed by atoms with E-state index < -0.39 is 0 Å². The minimum absolute atomic E-state index is 0.0301. The minimum atomic E-state index is -0.0301. The maximum Gasteiger partial charge on any atom is 0.238 e. The summed E-state index contributed by atoms with van der Waals surface area (Å²) in [4.78, 5) is 19.1. The van der Waals surface area contributed by atoms with Crippen molar-refractivity contribution in [1.82, 2.24) is 4.98 Å². The Balaban J connectivity index is 1.77. The standard InChI is InChI=1S/C18H18BrN3O2S2/c19-14-5-3-13(4-6-14)16-11-26-18(21-16)22(10-15-2-1-8-24-15)17(23)12-25-9-7-20/h3-6,11,15H,1-2,8-10,12H2. The van der Waals surface area contributed by atoms with Gasteiger partial charge in [0.05, 0.1) is 35.9 Å². The van der Waals surface area contributed by atoms with E-state index in [-0.39, 0.29) is 17.8 Å². The number of rotatable bonds is 7. The van der Waals surface area contributed by atoms with E-state index in [1.807, 2.05) is 29.6 Å². The van der Waals surface area contributed by atoms with E-state index in [2.05, 4.69) is 27.0 Å². The Morgan fingerprint density at radius 1 is 1.46 bits per heavy atom. The number of carbonyl (C=O) groups excluding carboxylic acids is 1. The first-order chi connectivity index (χ1) is 12.7. The first kappa shape index (κ1) is 19.4. The number of nitriles is 1. The van der Waals surface area contributed by atoms with Gasteiger partial charge in [-0.2, -0.15) is 5.26 Å². The van der Waals surface area contributed by atoms with Crippen LogP contribution in [0.2, 0.25) is 0 Å². The van der Waals surface area contributed by atoms with Crippen molar-refractivity contribution in [3.63, 3.8) is 0 Å². The number of carbonyl (C=O) groups is 1. The Bertz CT molecular complexity index is 782. The fourth-order valence-electron chi connectivity index (χ4n) is 2.68. The summed E-state index contributed by atoms with van der Waals surface area (Å²) in [5.41, 5.74) is 1.87. The van der Waals surface area contributed by atoms with Gasteiger partial charge in [0, 0.05) is 22.0 Å². The molecule has 1 aliphatic rings. The summed E-state index contributed by atoms with van der Waals surface area (Å²) in [6.45, 7) is 1.26. The number of nitrogens with zero attached hydrogens (tertiary/aromatic N) is 3. The molecule has 2 aromatic rings. The molecule has 136 valence electrons. The number of ether oxygens (including phenoxy) is 1. The van der Waals surface area contributed by atoms with Crippen molar-refractivity contribution in [2.75, 3.05) is 29.6 Å². The van der Waals surface area contributed by atoms with Crippen molar-refractivity contribution in [2.45, 2.75) is 18.9 Å². The number of hydrogen-bond donors (Lipinski definition) is 0. The average Bonchev–Trinajstić information content (AvgIpc) is 3.32. The highest BCUT2D eigenvalue weighted by molar-refractivity contribution is 9.10. The summed E-state index contributed by atoms with van der Waals surface area (Å²) in [5, 5.41) is 11.3. The van der Waals surface area contributed by atoms with Crippen LogP contribution in [0.1, 0.15) is 12.8 Å². The number of hydrogen-bond acceptors (Lipinski definition) is 6. The Morgan fingerprint density at radius 2 is 2.27 bits per heavy atom. The van der Waals surface area contributed by atoms with E-state index in [0.717, 1.165) is 35.2 Å². The number of thioether (sulfide) groups is 1. The van der Waals surface area contributed by atoms with Crippen molar-refractivity contribution in [2.24, 2.45) is 0 Å². The van der Waals surface area contributed by atoms with E-state index in [9.17, 15) is 4.79 Å². The molecule has 3 rings (SSSR count). The van der Waals surface area contributed by atoms with Gasteiger partial charge < -0.3 is 4.74 Å². The van der Waals surface area contributed by atoms with Gasteiger partial charge in [0.25, 0.3) is 0 Å². The zero-order valence-corrected chi connectivity index (χ0v) is 17.3. The number of anilines is 1. The summed E-state index contributed by atoms with van der Waals surface area (Å²) in [6.07, 6.45) is 2.04. The molecule has 1 aliphatic heterocycles. The van der Waals surface area contributed by atoms with Crippen molar-refractivity contribution < 1.29 is 9.53 Å². The molecule has 0 spiro atoms. The molecule has 0 aliphatic carbocycles. The van der Waals surface area contributed by atoms with Crippen LogP contribution in [0.5, 0.6) is 0 Å². The van der Waals surface area contributed by atoms with Crippen LogP contribution in [0, 0.1) is 11.3 Å². The Labute approximate surface area is 169 Å². The molecule has 2 heterocycles. The summed E-state index contributed by atoms with van der Waals surface area (Å²) in [6, 6.07) is 10.0. The molecule has 1 aromatic carbocycles. The summed E-state index contributed by atoms with van der Waals surface area (Å²) in [5.74, 6) is 0.548. The third kappa shape index (κ3) is 5.07. The molecule has 1 unspecified atom stereocenters. The van der Waals surface area contributed by atoms with Crippen LogP contribution in [-0.4, -0.2) is 41.7 Å². The van der Waals surface area contributed by atoms with Gasteiger partial charge in [0.15, 0.2) is 5.13 Å². The summed E-state index contributed by atoms with van der Waals surface area (Å²) < 4.78 is 6.72. The molecule has 1 fully saturated rings. The normalized spacial score (nSPS) is 16.4. The number of thiazole rings is 1. The summed E-state index contributed by atoms with van der Waals surface area (Å²) in [7, 11) is 0. The van der Waals surface area contributed by atoms with E-state index in [4.69, 9.17) is 10.00 Å². The highest BCUT2D eigenvalue weighted by atomic mass is 79.9. The lowest BCUT2D eigenvalue weighted by Gasteiger charge is -2.22. The van der Waals surface area contributed by atoms with Gasteiger partial charge in [-0.1, -0.05) is 28.1 Å². The zero-order chi connectivity index (χ0) is 18.4. The lowest BCUT2D eigenvalue weighted by atomic mass is 10.2. The third-order valence-corrected chi connectivity index (χ3v) is 6.14. The van der Waals surface area contributed by atoms with Gasteiger partial charge in [0.1, 0.15) is 0 Å². The van der Waals surface area contributed by atoms with Gasteiger partial charge in [-0.15, -0.1) is 23.1 Å². The molecule has 0 radical (unpaired) electrons.